The normalized spacial score (nSPS) is 16.5. The number of rotatable bonds is 2. The summed E-state index contributed by atoms with van der Waals surface area (Å²) in [6, 6.07) is 23.6. The van der Waals surface area contributed by atoms with Crippen LogP contribution in [-0.4, -0.2) is 17.3 Å². The number of nitrogens with one attached hydrogen (secondary N) is 1. The van der Waals surface area contributed by atoms with Crippen molar-refractivity contribution in [3.63, 3.8) is 0 Å². The molecule has 1 atom stereocenters. The number of carbonyl (C=O) groups excluding carboxylic acids is 1. The van der Waals surface area contributed by atoms with Crippen molar-refractivity contribution in [1.29, 1.82) is 0 Å². The zero-order valence-electron chi connectivity index (χ0n) is 13.1. The fourth-order valence-corrected chi connectivity index (χ4v) is 3.07. The van der Waals surface area contributed by atoms with Crippen LogP contribution in [0.3, 0.4) is 0 Å². The lowest BCUT2D eigenvalue weighted by atomic mass is 10.1. The molecule has 0 aromatic heterocycles. The number of carbonyl (C=O) groups is 1. The van der Waals surface area contributed by atoms with E-state index in [0.29, 0.717) is 0 Å². The van der Waals surface area contributed by atoms with Gasteiger partial charge in [0, 0.05) is 18.0 Å². The largest absolute Gasteiger partial charge is 0.342 e. The van der Waals surface area contributed by atoms with Crippen molar-refractivity contribution in [2.45, 2.75) is 12.5 Å². The first kappa shape index (κ1) is 14.5. The second kappa shape index (κ2) is 6.16. The summed E-state index contributed by atoms with van der Waals surface area (Å²) in [6.07, 6.45) is 2.52. The number of anilines is 1. The molecular formula is C20H17N3O. The molecule has 1 N–H and O–H groups in total. The van der Waals surface area contributed by atoms with Gasteiger partial charge in [-0.1, -0.05) is 66.7 Å². The summed E-state index contributed by atoms with van der Waals surface area (Å²) in [5.41, 5.74) is 1.88. The molecule has 1 aliphatic heterocycles. The Kier molecular flexibility index (Phi) is 3.71. The zero-order chi connectivity index (χ0) is 16.4. The Hall–Kier alpha value is -3.14. The summed E-state index contributed by atoms with van der Waals surface area (Å²) in [4.78, 5) is 12.7. The van der Waals surface area contributed by atoms with Gasteiger partial charge in [-0.05, 0) is 17.0 Å². The van der Waals surface area contributed by atoms with E-state index in [9.17, 15) is 4.79 Å². The number of fused-ring (bicyclic) bond motifs is 1. The summed E-state index contributed by atoms with van der Waals surface area (Å²) in [5, 5.41) is 10.9. The summed E-state index contributed by atoms with van der Waals surface area (Å²) in [6.45, 7) is 0. The first-order valence-corrected chi connectivity index (χ1v) is 7.98. The van der Waals surface area contributed by atoms with Gasteiger partial charge in [0.15, 0.2) is 0 Å². The van der Waals surface area contributed by atoms with Gasteiger partial charge in [0.25, 0.3) is 0 Å². The number of urea groups is 1. The lowest BCUT2D eigenvalue weighted by molar-refractivity contribution is 0.200. The highest BCUT2D eigenvalue weighted by Gasteiger charge is 2.28. The Morgan fingerprint density at radius 2 is 1.71 bits per heavy atom. The first-order chi connectivity index (χ1) is 11.8. The fourth-order valence-electron chi connectivity index (χ4n) is 3.07. The monoisotopic (exact) mass is 315 g/mol. The number of benzene rings is 3. The molecule has 0 radical (unpaired) electrons. The minimum absolute atomic E-state index is 0.0545. The molecule has 3 aromatic carbocycles. The van der Waals surface area contributed by atoms with Crippen molar-refractivity contribution in [2.24, 2.45) is 5.10 Å². The number of hydrazone groups is 1. The molecule has 1 heterocycles. The van der Waals surface area contributed by atoms with Crippen molar-refractivity contribution in [3.8, 4) is 0 Å². The fraction of sp³-hybridized carbons (Fsp3) is 0.100. The molecule has 24 heavy (non-hydrogen) atoms. The van der Waals surface area contributed by atoms with Crippen LogP contribution >= 0.6 is 0 Å². The molecule has 0 unspecified atom stereocenters. The third-order valence-corrected chi connectivity index (χ3v) is 4.25. The van der Waals surface area contributed by atoms with Crippen molar-refractivity contribution in [2.75, 3.05) is 5.32 Å². The predicted octanol–water partition coefficient (Wildman–Crippen LogP) is 4.80. The molecule has 0 spiro atoms. The topological polar surface area (TPSA) is 44.7 Å². The highest BCUT2D eigenvalue weighted by atomic mass is 16.2. The van der Waals surface area contributed by atoms with E-state index >= 15 is 0 Å². The summed E-state index contributed by atoms with van der Waals surface area (Å²) >= 11 is 0. The van der Waals surface area contributed by atoms with Gasteiger partial charge >= 0.3 is 6.03 Å². The van der Waals surface area contributed by atoms with Crippen LogP contribution in [0.1, 0.15) is 18.0 Å². The number of nitrogens with zero attached hydrogens (tertiary/aromatic N) is 2. The average molecular weight is 315 g/mol. The first-order valence-electron chi connectivity index (χ1n) is 7.98. The molecule has 4 heteroatoms. The number of hydrogen-bond donors (Lipinski definition) is 1. The number of hydrogen-bond acceptors (Lipinski definition) is 2. The minimum Gasteiger partial charge on any atom is -0.306 e. The van der Waals surface area contributed by atoms with Crippen LogP contribution in [0.25, 0.3) is 10.8 Å². The Labute approximate surface area is 140 Å². The van der Waals surface area contributed by atoms with Gasteiger partial charge in [0.1, 0.15) is 0 Å². The third kappa shape index (κ3) is 2.63. The van der Waals surface area contributed by atoms with E-state index in [2.05, 4.69) is 10.4 Å². The van der Waals surface area contributed by atoms with Gasteiger partial charge in [-0.3, -0.25) is 0 Å². The van der Waals surface area contributed by atoms with E-state index in [4.69, 9.17) is 0 Å². The molecule has 0 saturated carbocycles. The quantitative estimate of drug-likeness (QED) is 0.725. The maximum Gasteiger partial charge on any atom is 0.342 e. The van der Waals surface area contributed by atoms with Crippen LogP contribution in [0.5, 0.6) is 0 Å². The van der Waals surface area contributed by atoms with Gasteiger partial charge < -0.3 is 5.32 Å². The Balaban J connectivity index is 1.60. The van der Waals surface area contributed by atoms with Crippen LogP contribution in [-0.2, 0) is 0 Å². The second-order valence-electron chi connectivity index (χ2n) is 5.76. The number of amides is 2. The highest BCUT2D eigenvalue weighted by Crippen LogP contribution is 2.29. The molecule has 0 bridgehead atoms. The van der Waals surface area contributed by atoms with Crippen LogP contribution in [0.15, 0.2) is 77.9 Å². The van der Waals surface area contributed by atoms with E-state index in [1.807, 2.05) is 72.8 Å². The van der Waals surface area contributed by atoms with E-state index in [-0.39, 0.29) is 12.1 Å². The molecule has 0 aliphatic carbocycles. The van der Waals surface area contributed by atoms with E-state index in [1.165, 1.54) is 5.01 Å². The molecule has 3 aromatic rings. The van der Waals surface area contributed by atoms with Gasteiger partial charge in [0.2, 0.25) is 0 Å². The average Bonchev–Trinajstić information content (AvgIpc) is 3.13. The summed E-state index contributed by atoms with van der Waals surface area (Å²) < 4.78 is 0. The smallest absolute Gasteiger partial charge is 0.306 e. The van der Waals surface area contributed by atoms with Crippen LogP contribution in [0.2, 0.25) is 0 Å². The second-order valence-corrected chi connectivity index (χ2v) is 5.76. The van der Waals surface area contributed by atoms with Crippen LogP contribution in [0.4, 0.5) is 10.5 Å². The molecule has 0 saturated heterocycles. The van der Waals surface area contributed by atoms with E-state index in [1.54, 1.807) is 6.21 Å². The van der Waals surface area contributed by atoms with Crippen molar-refractivity contribution in [1.82, 2.24) is 5.01 Å². The van der Waals surface area contributed by atoms with Gasteiger partial charge in [-0.25, -0.2) is 9.80 Å². The standard InChI is InChI=1S/C20H17N3O/c24-20(22-18-12-6-10-15-7-4-5-11-17(15)18)23-19(13-14-21-23)16-8-2-1-3-9-16/h1-12,14,19H,13H2,(H,22,24)/t19-/m1/s1. The molecule has 2 amide bonds. The molecule has 4 nitrogen and oxygen atoms in total. The lowest BCUT2D eigenvalue weighted by Crippen LogP contribution is -2.31. The lowest BCUT2D eigenvalue weighted by Gasteiger charge is -2.23. The molecule has 0 fully saturated rings. The molecule has 4 rings (SSSR count). The Morgan fingerprint density at radius 3 is 2.58 bits per heavy atom. The van der Waals surface area contributed by atoms with Crippen molar-refractivity contribution >= 4 is 28.7 Å². The maximum absolute atomic E-state index is 12.7. The van der Waals surface area contributed by atoms with Gasteiger partial charge in [-0.2, -0.15) is 5.10 Å². The Morgan fingerprint density at radius 1 is 0.958 bits per heavy atom. The SMILES string of the molecule is O=C(Nc1cccc2ccccc12)N1N=CC[C@@H]1c1ccccc1. The highest BCUT2D eigenvalue weighted by molar-refractivity contribution is 6.01. The molecule has 1 aliphatic rings. The Bertz CT molecular complexity index is 900. The third-order valence-electron chi connectivity index (χ3n) is 4.25. The molecule has 118 valence electrons. The van der Waals surface area contributed by atoms with Crippen LogP contribution < -0.4 is 5.32 Å². The van der Waals surface area contributed by atoms with Gasteiger partial charge in [0.05, 0.1) is 11.7 Å². The minimum atomic E-state index is -0.214. The van der Waals surface area contributed by atoms with Gasteiger partial charge in [-0.15, -0.1) is 0 Å². The predicted molar refractivity (Wildman–Crippen MR) is 97.1 cm³/mol. The van der Waals surface area contributed by atoms with Crippen molar-refractivity contribution in [3.05, 3.63) is 78.4 Å². The summed E-state index contributed by atoms with van der Waals surface area (Å²) in [5.74, 6) is 0. The van der Waals surface area contributed by atoms with Crippen LogP contribution in [0, 0.1) is 0 Å². The van der Waals surface area contributed by atoms with E-state index in [0.717, 1.165) is 28.4 Å². The summed E-state index contributed by atoms with van der Waals surface area (Å²) in [7, 11) is 0. The zero-order valence-corrected chi connectivity index (χ0v) is 13.1. The maximum atomic E-state index is 12.7. The molecular weight excluding hydrogens is 298 g/mol. The van der Waals surface area contributed by atoms with Crippen molar-refractivity contribution < 1.29 is 4.79 Å². The van der Waals surface area contributed by atoms with E-state index < -0.39 is 0 Å².